The van der Waals surface area contributed by atoms with E-state index in [0.29, 0.717) is 57.6 Å². The number of aryl methyl sites for hydroxylation is 1. The number of quaternary nitrogens is 1. The standard InChI is InChI=1S/C36H47ClF3N5O3/c1-42(28-7-8-28)29-12-16-44(17-13-29)35(47)27(18-23-19-30(36(38,39)40)34(41)31(37)20-23)21-33(46)43-14-10-25(11-15-43)32-9-6-24-4-2-3-5-26(24)22-45(32)48/h2-5,19-20,25,27-29,32,45H,6-18,21-22,41H2,1H3/t27-,32?/m0/s1. The van der Waals surface area contributed by atoms with E-state index in [2.05, 4.69) is 18.0 Å². The minimum atomic E-state index is -4.71. The smallest absolute Gasteiger partial charge is 0.418 e. The van der Waals surface area contributed by atoms with Crippen LogP contribution in [-0.4, -0.2) is 77.9 Å². The van der Waals surface area contributed by atoms with Crippen molar-refractivity contribution in [3.8, 4) is 0 Å². The molecule has 3 atom stereocenters. The first-order chi connectivity index (χ1) is 22.9. The fourth-order valence-electron chi connectivity index (χ4n) is 8.24. The number of rotatable bonds is 8. The number of hydrogen-bond donors (Lipinski definition) is 2. The van der Waals surface area contributed by atoms with Crippen LogP contribution in [0.1, 0.15) is 73.6 Å². The summed E-state index contributed by atoms with van der Waals surface area (Å²) in [7, 11) is 2.14. The Morgan fingerprint density at radius 1 is 0.979 bits per heavy atom. The molecule has 4 aliphatic rings. The van der Waals surface area contributed by atoms with Crippen molar-refractivity contribution in [1.82, 2.24) is 14.7 Å². The molecule has 0 spiro atoms. The predicted octanol–water partition coefficient (Wildman–Crippen LogP) is 4.71. The maximum atomic E-state index is 14.0. The van der Waals surface area contributed by atoms with Crippen molar-refractivity contribution < 1.29 is 27.8 Å². The first-order valence-electron chi connectivity index (χ1n) is 17.4. The Hall–Kier alpha value is -2.86. The molecule has 3 N–H and O–H groups in total. The maximum absolute atomic E-state index is 14.0. The number of alkyl halides is 3. The molecule has 48 heavy (non-hydrogen) atoms. The number of nitrogens with zero attached hydrogens (tertiary/aromatic N) is 3. The van der Waals surface area contributed by atoms with Crippen molar-refractivity contribution in [3.63, 3.8) is 0 Å². The van der Waals surface area contributed by atoms with E-state index >= 15 is 0 Å². The van der Waals surface area contributed by atoms with Gasteiger partial charge in [-0.15, -0.1) is 0 Å². The number of fused-ring (bicyclic) bond motifs is 1. The van der Waals surface area contributed by atoms with Crippen LogP contribution in [0.3, 0.4) is 0 Å². The molecule has 8 nitrogen and oxygen atoms in total. The molecular weight excluding hydrogens is 643 g/mol. The van der Waals surface area contributed by atoms with E-state index in [0.717, 1.165) is 37.3 Å². The highest BCUT2D eigenvalue weighted by atomic mass is 35.5. The Kier molecular flexibility index (Phi) is 10.6. The van der Waals surface area contributed by atoms with Gasteiger partial charge in [-0.1, -0.05) is 35.9 Å². The largest absolute Gasteiger partial charge is 0.634 e. The minimum Gasteiger partial charge on any atom is -0.634 e. The van der Waals surface area contributed by atoms with Crippen LogP contribution in [0.2, 0.25) is 5.02 Å². The van der Waals surface area contributed by atoms with Crippen LogP contribution >= 0.6 is 11.6 Å². The number of benzene rings is 2. The van der Waals surface area contributed by atoms with Crippen LogP contribution in [0.15, 0.2) is 36.4 Å². The topological polar surface area (TPSA) is 97.4 Å². The Balaban J connectivity index is 1.12. The number of amides is 2. The van der Waals surface area contributed by atoms with Gasteiger partial charge in [0.25, 0.3) is 0 Å². The van der Waals surface area contributed by atoms with Crippen molar-refractivity contribution in [2.24, 2.45) is 11.8 Å². The van der Waals surface area contributed by atoms with Crippen molar-refractivity contribution >= 4 is 29.1 Å². The highest BCUT2D eigenvalue weighted by Gasteiger charge is 2.39. The maximum Gasteiger partial charge on any atom is 0.418 e. The molecule has 1 saturated carbocycles. The zero-order valence-electron chi connectivity index (χ0n) is 27.6. The second-order valence-corrected chi connectivity index (χ2v) is 14.8. The zero-order valence-corrected chi connectivity index (χ0v) is 28.4. The highest BCUT2D eigenvalue weighted by Crippen LogP contribution is 2.39. The van der Waals surface area contributed by atoms with Crippen molar-refractivity contribution in [1.29, 1.82) is 0 Å². The monoisotopic (exact) mass is 689 g/mol. The number of halogens is 4. The number of piperidine rings is 2. The van der Waals surface area contributed by atoms with Gasteiger partial charge in [0, 0.05) is 62.6 Å². The Morgan fingerprint density at radius 2 is 1.60 bits per heavy atom. The lowest BCUT2D eigenvalue weighted by atomic mass is 9.86. The number of hydrogen-bond acceptors (Lipinski definition) is 5. The lowest BCUT2D eigenvalue weighted by molar-refractivity contribution is -0.894. The predicted molar refractivity (Wildman–Crippen MR) is 179 cm³/mol. The van der Waals surface area contributed by atoms with Crippen molar-refractivity contribution in [2.45, 2.75) is 95.1 Å². The second-order valence-electron chi connectivity index (χ2n) is 14.4. The molecular formula is C36H47ClF3N5O3. The molecule has 3 aliphatic heterocycles. The lowest BCUT2D eigenvalue weighted by Crippen LogP contribution is -3.10. The van der Waals surface area contributed by atoms with Gasteiger partial charge >= 0.3 is 6.18 Å². The van der Waals surface area contributed by atoms with Gasteiger partial charge in [0.05, 0.1) is 28.2 Å². The van der Waals surface area contributed by atoms with E-state index in [1.165, 1.54) is 24.5 Å². The van der Waals surface area contributed by atoms with Crippen LogP contribution in [0.5, 0.6) is 0 Å². The van der Waals surface area contributed by atoms with Gasteiger partial charge in [-0.25, -0.2) is 0 Å². The molecule has 2 unspecified atom stereocenters. The molecule has 2 saturated heterocycles. The number of carbonyl (C=O) groups is 2. The lowest BCUT2D eigenvalue weighted by Gasteiger charge is -2.40. The number of nitrogen functional groups attached to an aromatic ring is 1. The van der Waals surface area contributed by atoms with Gasteiger partial charge in [0.2, 0.25) is 11.8 Å². The van der Waals surface area contributed by atoms with E-state index in [1.54, 1.807) is 9.80 Å². The quantitative estimate of drug-likeness (QED) is 0.309. The molecule has 6 rings (SSSR count). The van der Waals surface area contributed by atoms with E-state index in [4.69, 9.17) is 17.3 Å². The molecule has 0 aromatic heterocycles. The summed E-state index contributed by atoms with van der Waals surface area (Å²) in [5, 5.41) is 13.3. The van der Waals surface area contributed by atoms with Crippen LogP contribution in [0.4, 0.5) is 18.9 Å². The van der Waals surface area contributed by atoms with E-state index in [-0.39, 0.29) is 52.3 Å². The Morgan fingerprint density at radius 3 is 2.25 bits per heavy atom. The fraction of sp³-hybridized carbons (Fsp3) is 0.611. The summed E-state index contributed by atoms with van der Waals surface area (Å²) in [5.74, 6) is -1.04. The van der Waals surface area contributed by atoms with E-state index in [1.807, 2.05) is 18.2 Å². The average molecular weight is 690 g/mol. The number of anilines is 1. The molecule has 0 radical (unpaired) electrons. The summed E-state index contributed by atoms with van der Waals surface area (Å²) in [6.07, 6.45) is 2.28. The van der Waals surface area contributed by atoms with E-state index in [9.17, 15) is 28.0 Å². The number of hydroxylamine groups is 2. The molecule has 2 amide bonds. The van der Waals surface area contributed by atoms with Crippen molar-refractivity contribution in [2.75, 3.05) is 39.0 Å². The second kappa shape index (κ2) is 14.5. The fourth-order valence-corrected chi connectivity index (χ4v) is 8.49. The first-order valence-corrected chi connectivity index (χ1v) is 17.8. The van der Waals surface area contributed by atoms with Gasteiger partial charge < -0.3 is 30.7 Å². The van der Waals surface area contributed by atoms with Gasteiger partial charge in [0.1, 0.15) is 6.54 Å². The van der Waals surface area contributed by atoms with Crippen LogP contribution < -0.4 is 10.8 Å². The van der Waals surface area contributed by atoms with Gasteiger partial charge in [-0.05, 0) is 81.7 Å². The third-order valence-electron chi connectivity index (χ3n) is 11.3. The van der Waals surface area contributed by atoms with Crippen LogP contribution in [0, 0.1) is 17.0 Å². The summed E-state index contributed by atoms with van der Waals surface area (Å²) in [5.41, 5.74) is 6.66. The summed E-state index contributed by atoms with van der Waals surface area (Å²) < 4.78 is 41.4. The summed E-state index contributed by atoms with van der Waals surface area (Å²) in [6.45, 7) is 2.53. The Labute approximate surface area is 285 Å². The van der Waals surface area contributed by atoms with Gasteiger partial charge in [0.15, 0.2) is 0 Å². The first kappa shape index (κ1) is 35.0. The normalized spacial score (nSPS) is 23.6. The number of carbonyl (C=O) groups excluding carboxylic acids is 2. The zero-order chi connectivity index (χ0) is 34.2. The van der Waals surface area contributed by atoms with Gasteiger partial charge in [-0.2, -0.15) is 13.2 Å². The Bertz CT molecular complexity index is 1470. The molecule has 12 heteroatoms. The molecule has 3 fully saturated rings. The third kappa shape index (κ3) is 7.95. The van der Waals surface area contributed by atoms with Gasteiger partial charge in [-0.3, -0.25) is 9.59 Å². The summed E-state index contributed by atoms with van der Waals surface area (Å²) >= 11 is 6.14. The molecule has 0 bridgehead atoms. The van der Waals surface area contributed by atoms with E-state index < -0.39 is 23.3 Å². The summed E-state index contributed by atoms with van der Waals surface area (Å²) in [4.78, 5) is 33.7. The molecule has 2 aromatic rings. The molecule has 3 heterocycles. The van der Waals surface area contributed by atoms with Crippen LogP contribution in [0.25, 0.3) is 0 Å². The molecule has 2 aromatic carbocycles. The highest BCUT2D eigenvalue weighted by molar-refractivity contribution is 6.33. The number of nitrogens with two attached hydrogens (primary N) is 1. The minimum absolute atomic E-state index is 0.0380. The SMILES string of the molecule is CN(C1CC1)C1CCN(C(=O)[C@H](CC(=O)N2CCC(C3CCc4ccccc4C[NH+]3[O-])CC2)Cc2cc(Cl)c(N)c(C(F)(F)F)c2)CC1. The molecule has 262 valence electrons. The summed E-state index contributed by atoms with van der Waals surface area (Å²) in [6, 6.07) is 11.4. The molecule has 1 aliphatic carbocycles. The third-order valence-corrected chi connectivity index (χ3v) is 11.6. The van der Waals surface area contributed by atoms with Crippen LogP contribution in [-0.2, 0) is 35.2 Å². The number of likely N-dealkylation sites (tertiary alicyclic amines) is 2. The van der Waals surface area contributed by atoms with Crippen molar-refractivity contribution in [3.05, 3.63) is 68.9 Å². The number of nitrogens with one attached hydrogen (secondary N) is 1. The average Bonchev–Trinajstić information content (AvgIpc) is 3.93.